The second-order valence-electron chi connectivity index (χ2n) is 6.22. The third kappa shape index (κ3) is 6.19. The molecule has 0 unspecified atom stereocenters. The highest BCUT2D eigenvalue weighted by atomic mass is 79.9. The second kappa shape index (κ2) is 10.4. The maximum Gasteiger partial charge on any atom is 0.162 e. The van der Waals surface area contributed by atoms with Gasteiger partial charge >= 0.3 is 0 Å². The molecule has 152 valence electrons. The summed E-state index contributed by atoms with van der Waals surface area (Å²) in [5.41, 5.74) is 2.80. The van der Waals surface area contributed by atoms with Crippen molar-refractivity contribution in [2.75, 3.05) is 11.9 Å². The molecule has 0 spiro atoms. The maximum atomic E-state index is 6.23. The number of ether oxygens (including phenoxy) is 2. The predicted octanol–water partition coefficient (Wildman–Crippen LogP) is 8.00. The Morgan fingerprint density at radius 2 is 1.55 bits per heavy atom. The SMILES string of the molecule is CCOc1cc(CNc2cc(Cl)ccc2Cl)c(Br)cc1OCc1ccc(Cl)cc1. The molecule has 0 aliphatic heterocycles. The zero-order valence-corrected chi connectivity index (χ0v) is 19.5. The number of halogens is 4. The quantitative estimate of drug-likeness (QED) is 0.330. The number of hydrogen-bond donors (Lipinski definition) is 1. The van der Waals surface area contributed by atoms with Crippen LogP contribution in [0.1, 0.15) is 18.1 Å². The van der Waals surface area contributed by atoms with Crippen molar-refractivity contribution in [1.29, 1.82) is 0 Å². The van der Waals surface area contributed by atoms with Crippen LogP contribution in [0.25, 0.3) is 0 Å². The van der Waals surface area contributed by atoms with Crippen molar-refractivity contribution >= 4 is 56.4 Å². The Kier molecular flexibility index (Phi) is 7.96. The minimum atomic E-state index is 0.416. The minimum Gasteiger partial charge on any atom is -0.490 e. The van der Waals surface area contributed by atoms with Crippen LogP contribution >= 0.6 is 50.7 Å². The second-order valence-corrected chi connectivity index (χ2v) is 8.35. The molecule has 0 bridgehead atoms. The van der Waals surface area contributed by atoms with E-state index in [0.717, 1.165) is 21.3 Å². The monoisotopic (exact) mass is 513 g/mol. The summed E-state index contributed by atoms with van der Waals surface area (Å²) in [6.07, 6.45) is 0. The molecule has 0 radical (unpaired) electrons. The van der Waals surface area contributed by atoms with Crippen LogP contribution in [-0.2, 0) is 13.2 Å². The molecule has 0 fully saturated rings. The molecule has 0 heterocycles. The Balaban J connectivity index is 1.76. The van der Waals surface area contributed by atoms with Crippen molar-refractivity contribution < 1.29 is 9.47 Å². The van der Waals surface area contributed by atoms with Crippen LogP contribution in [0.5, 0.6) is 11.5 Å². The molecule has 0 aliphatic carbocycles. The van der Waals surface area contributed by atoms with Gasteiger partial charge in [0, 0.05) is 21.1 Å². The highest BCUT2D eigenvalue weighted by Gasteiger charge is 2.12. The lowest BCUT2D eigenvalue weighted by atomic mass is 10.2. The largest absolute Gasteiger partial charge is 0.490 e. The molecule has 29 heavy (non-hydrogen) atoms. The Hall–Kier alpha value is -1.59. The van der Waals surface area contributed by atoms with E-state index in [1.165, 1.54) is 0 Å². The van der Waals surface area contributed by atoms with E-state index < -0.39 is 0 Å². The van der Waals surface area contributed by atoms with Gasteiger partial charge in [0.15, 0.2) is 11.5 Å². The first-order valence-electron chi connectivity index (χ1n) is 8.97. The van der Waals surface area contributed by atoms with Crippen LogP contribution in [0.4, 0.5) is 5.69 Å². The molecule has 3 rings (SSSR count). The third-order valence-corrected chi connectivity index (χ3v) is 5.67. The fraction of sp³-hybridized carbons (Fsp3) is 0.182. The lowest BCUT2D eigenvalue weighted by Crippen LogP contribution is -2.04. The molecule has 3 aromatic rings. The Morgan fingerprint density at radius 3 is 2.28 bits per heavy atom. The summed E-state index contributed by atoms with van der Waals surface area (Å²) in [5, 5.41) is 5.24. The molecule has 1 N–H and O–H groups in total. The van der Waals surface area contributed by atoms with E-state index in [1.54, 1.807) is 18.2 Å². The van der Waals surface area contributed by atoms with Gasteiger partial charge in [-0.15, -0.1) is 0 Å². The summed E-state index contributed by atoms with van der Waals surface area (Å²) in [7, 11) is 0. The molecule has 0 amide bonds. The first-order chi connectivity index (χ1) is 14.0. The van der Waals surface area contributed by atoms with Crippen molar-refractivity contribution in [2.24, 2.45) is 0 Å². The van der Waals surface area contributed by atoms with Crippen molar-refractivity contribution in [1.82, 2.24) is 0 Å². The highest BCUT2D eigenvalue weighted by molar-refractivity contribution is 9.10. The van der Waals surface area contributed by atoms with Crippen molar-refractivity contribution in [3.63, 3.8) is 0 Å². The van der Waals surface area contributed by atoms with Gasteiger partial charge in [0.05, 0.1) is 17.3 Å². The standard InChI is InChI=1S/C22H19BrCl3NO2/c1-2-28-21-9-15(12-27-20-10-17(25)7-8-19(20)26)18(23)11-22(21)29-13-14-3-5-16(24)6-4-14/h3-11,27H,2,12-13H2,1H3. The number of benzene rings is 3. The lowest BCUT2D eigenvalue weighted by Gasteiger charge is -2.16. The molecular weight excluding hydrogens is 497 g/mol. The van der Waals surface area contributed by atoms with Crippen LogP contribution in [-0.4, -0.2) is 6.61 Å². The first-order valence-corrected chi connectivity index (χ1v) is 10.9. The molecular formula is C22H19BrCl3NO2. The normalized spacial score (nSPS) is 10.7. The molecule has 0 aliphatic rings. The summed E-state index contributed by atoms with van der Waals surface area (Å²) in [6, 6.07) is 16.7. The van der Waals surface area contributed by atoms with Gasteiger partial charge in [-0.2, -0.15) is 0 Å². The lowest BCUT2D eigenvalue weighted by molar-refractivity contribution is 0.269. The maximum absolute atomic E-state index is 6.23. The minimum absolute atomic E-state index is 0.416. The molecule has 0 aromatic heterocycles. The summed E-state index contributed by atoms with van der Waals surface area (Å²) in [5.74, 6) is 1.34. The topological polar surface area (TPSA) is 30.5 Å². The van der Waals surface area contributed by atoms with Crippen LogP contribution in [0.3, 0.4) is 0 Å². The van der Waals surface area contributed by atoms with E-state index in [0.29, 0.717) is 46.3 Å². The summed E-state index contributed by atoms with van der Waals surface area (Å²) in [6.45, 7) is 3.43. The van der Waals surface area contributed by atoms with Gasteiger partial charge in [-0.05, 0) is 60.5 Å². The van der Waals surface area contributed by atoms with E-state index in [-0.39, 0.29) is 0 Å². The number of rotatable bonds is 8. The van der Waals surface area contributed by atoms with Gasteiger partial charge in [-0.25, -0.2) is 0 Å². The van der Waals surface area contributed by atoms with Gasteiger partial charge in [0.25, 0.3) is 0 Å². The molecule has 3 aromatic carbocycles. The molecule has 7 heteroatoms. The van der Waals surface area contributed by atoms with E-state index in [2.05, 4.69) is 21.2 Å². The van der Waals surface area contributed by atoms with Crippen molar-refractivity contribution in [3.05, 3.63) is 85.3 Å². The van der Waals surface area contributed by atoms with E-state index >= 15 is 0 Å². The zero-order valence-electron chi connectivity index (χ0n) is 15.6. The average Bonchev–Trinajstić information content (AvgIpc) is 2.70. The zero-order chi connectivity index (χ0) is 20.8. The average molecular weight is 516 g/mol. The summed E-state index contributed by atoms with van der Waals surface area (Å²) in [4.78, 5) is 0. The van der Waals surface area contributed by atoms with Gasteiger partial charge in [0.1, 0.15) is 6.61 Å². The Labute approximate surface area is 194 Å². The highest BCUT2D eigenvalue weighted by Crippen LogP contribution is 2.35. The number of anilines is 1. The first kappa shape index (κ1) is 22.1. The van der Waals surface area contributed by atoms with Crippen LogP contribution in [0.15, 0.2) is 59.1 Å². The third-order valence-electron chi connectivity index (χ3n) is 4.12. The van der Waals surface area contributed by atoms with Crippen LogP contribution in [0, 0.1) is 0 Å². The molecule has 0 atom stereocenters. The molecule has 3 nitrogen and oxygen atoms in total. The van der Waals surface area contributed by atoms with E-state index in [9.17, 15) is 0 Å². The smallest absolute Gasteiger partial charge is 0.162 e. The van der Waals surface area contributed by atoms with Gasteiger partial charge in [-0.1, -0.05) is 62.9 Å². The van der Waals surface area contributed by atoms with Crippen molar-refractivity contribution in [3.8, 4) is 11.5 Å². The van der Waals surface area contributed by atoms with Gasteiger partial charge in [-0.3, -0.25) is 0 Å². The summed E-state index contributed by atoms with van der Waals surface area (Å²) < 4.78 is 12.7. The molecule has 0 saturated carbocycles. The molecule has 0 saturated heterocycles. The predicted molar refractivity (Wildman–Crippen MR) is 125 cm³/mol. The fourth-order valence-electron chi connectivity index (χ4n) is 2.66. The number of hydrogen-bond acceptors (Lipinski definition) is 3. The van der Waals surface area contributed by atoms with Crippen molar-refractivity contribution in [2.45, 2.75) is 20.1 Å². The van der Waals surface area contributed by atoms with Gasteiger partial charge < -0.3 is 14.8 Å². The van der Waals surface area contributed by atoms with Crippen LogP contribution < -0.4 is 14.8 Å². The van der Waals surface area contributed by atoms with E-state index in [1.807, 2.05) is 43.3 Å². The van der Waals surface area contributed by atoms with Crippen LogP contribution in [0.2, 0.25) is 15.1 Å². The van der Waals surface area contributed by atoms with E-state index in [4.69, 9.17) is 44.3 Å². The fourth-order valence-corrected chi connectivity index (χ4v) is 3.60. The Bertz CT molecular complexity index is 981. The van der Waals surface area contributed by atoms with Gasteiger partial charge in [0.2, 0.25) is 0 Å². The number of nitrogens with one attached hydrogen (secondary N) is 1. The summed E-state index contributed by atoms with van der Waals surface area (Å²) >= 11 is 21.9. The Morgan fingerprint density at radius 1 is 0.862 bits per heavy atom.